The smallest absolute Gasteiger partial charge is 0.289 e. The van der Waals surface area contributed by atoms with Gasteiger partial charge in [0.2, 0.25) is 5.76 Å². The summed E-state index contributed by atoms with van der Waals surface area (Å²) in [6, 6.07) is 17.4. The minimum absolute atomic E-state index is 0.161. The molecule has 2 aromatic heterocycles. The van der Waals surface area contributed by atoms with E-state index >= 15 is 0 Å². The van der Waals surface area contributed by atoms with Crippen LogP contribution in [0.15, 0.2) is 72.4 Å². The zero-order valence-electron chi connectivity index (χ0n) is 13.1. The van der Waals surface area contributed by atoms with Gasteiger partial charge < -0.3 is 10.4 Å². The van der Waals surface area contributed by atoms with Crippen molar-refractivity contribution in [3.05, 3.63) is 82.8 Å². The second kappa shape index (κ2) is 7.38. The quantitative estimate of drug-likeness (QED) is 0.310. The molecule has 2 N–H and O–H groups in total. The molecule has 0 unspecified atom stereocenters. The highest BCUT2D eigenvalue weighted by molar-refractivity contribution is 7.81. The van der Waals surface area contributed by atoms with E-state index in [1.165, 1.54) is 11.3 Å². The molecule has 0 fully saturated rings. The molecule has 5 heteroatoms. The van der Waals surface area contributed by atoms with Crippen molar-refractivity contribution < 1.29 is 9.67 Å². The molecule has 3 rings (SSSR count). The van der Waals surface area contributed by atoms with E-state index in [1.54, 1.807) is 0 Å². The largest absolute Gasteiger partial charge is 0.501 e. The van der Waals surface area contributed by atoms with Gasteiger partial charge in [0, 0.05) is 17.3 Å². The van der Waals surface area contributed by atoms with E-state index in [9.17, 15) is 5.11 Å². The monoisotopic (exact) mass is 353 g/mol. The number of aliphatic hydroxyl groups is 1. The first-order valence-corrected chi connectivity index (χ1v) is 8.76. The van der Waals surface area contributed by atoms with Crippen LogP contribution in [0.4, 0.5) is 5.69 Å². The van der Waals surface area contributed by atoms with Crippen LogP contribution in [0.25, 0.3) is 11.5 Å². The average Bonchev–Trinajstić information content (AvgIpc) is 3.10. The SMILES string of the molecule is Cc1ccc[n+](C(C(=S)Nc2ccccc2)=C(O)c2cccs2)c1. The number of hydrogen-bond donors (Lipinski definition) is 2. The van der Waals surface area contributed by atoms with Crippen molar-refractivity contribution in [1.29, 1.82) is 0 Å². The molecule has 0 aliphatic heterocycles. The van der Waals surface area contributed by atoms with Gasteiger partial charge in [0.05, 0.1) is 4.88 Å². The number of aliphatic hydroxyl groups excluding tert-OH is 1. The Morgan fingerprint density at radius 1 is 1.08 bits per heavy atom. The molecule has 0 saturated heterocycles. The second-order valence-electron chi connectivity index (χ2n) is 5.28. The van der Waals surface area contributed by atoms with Crippen LogP contribution in [-0.4, -0.2) is 10.1 Å². The number of aromatic nitrogens is 1. The summed E-state index contributed by atoms with van der Waals surface area (Å²) >= 11 is 7.06. The van der Waals surface area contributed by atoms with E-state index in [0.29, 0.717) is 10.7 Å². The third-order valence-electron chi connectivity index (χ3n) is 3.43. The van der Waals surface area contributed by atoms with Crippen LogP contribution in [0.2, 0.25) is 0 Å². The van der Waals surface area contributed by atoms with Crippen molar-refractivity contribution in [3.63, 3.8) is 0 Å². The molecule has 0 amide bonds. The van der Waals surface area contributed by atoms with Crippen molar-refractivity contribution in [2.75, 3.05) is 5.32 Å². The summed E-state index contributed by atoms with van der Waals surface area (Å²) in [5.74, 6) is 0.161. The number of thiophene rings is 1. The van der Waals surface area contributed by atoms with Crippen molar-refractivity contribution in [1.82, 2.24) is 0 Å². The van der Waals surface area contributed by atoms with Gasteiger partial charge >= 0.3 is 0 Å². The first-order chi connectivity index (χ1) is 11.6. The number of thiocarbonyl (C=S) groups is 1. The highest BCUT2D eigenvalue weighted by Crippen LogP contribution is 2.22. The summed E-state index contributed by atoms with van der Waals surface area (Å²) in [4.78, 5) is 1.24. The molecule has 0 bridgehead atoms. The number of aryl methyl sites for hydroxylation is 1. The summed E-state index contributed by atoms with van der Waals surface area (Å²) in [6.45, 7) is 2.00. The zero-order chi connectivity index (χ0) is 16.9. The lowest BCUT2D eigenvalue weighted by atomic mass is 10.2. The predicted molar refractivity (Wildman–Crippen MR) is 104 cm³/mol. The predicted octanol–water partition coefficient (Wildman–Crippen LogP) is 4.67. The van der Waals surface area contributed by atoms with Gasteiger partial charge in [0.25, 0.3) is 5.70 Å². The van der Waals surface area contributed by atoms with Crippen molar-refractivity contribution >= 4 is 45.7 Å². The summed E-state index contributed by atoms with van der Waals surface area (Å²) in [6.07, 6.45) is 3.82. The summed E-state index contributed by atoms with van der Waals surface area (Å²) in [7, 11) is 0. The Balaban J connectivity index is 2.05. The molecule has 1 aromatic carbocycles. The maximum atomic E-state index is 10.8. The van der Waals surface area contributed by atoms with Gasteiger partial charge in [-0.05, 0) is 36.6 Å². The lowest BCUT2D eigenvalue weighted by molar-refractivity contribution is -0.576. The fraction of sp³-hybridized carbons (Fsp3) is 0.0526. The maximum Gasteiger partial charge on any atom is 0.289 e. The molecule has 0 atom stereocenters. The van der Waals surface area contributed by atoms with Crippen molar-refractivity contribution in [3.8, 4) is 0 Å². The molecule has 0 spiro atoms. The number of hydrogen-bond acceptors (Lipinski definition) is 3. The van der Waals surface area contributed by atoms with Gasteiger partial charge in [0.15, 0.2) is 17.4 Å². The number of nitrogens with zero attached hydrogens (tertiary/aromatic N) is 1. The number of para-hydroxylation sites is 1. The Hall–Kier alpha value is -2.50. The second-order valence-corrected chi connectivity index (χ2v) is 6.64. The summed E-state index contributed by atoms with van der Waals surface area (Å²) < 4.78 is 1.85. The number of benzene rings is 1. The van der Waals surface area contributed by atoms with Gasteiger partial charge in [-0.15, -0.1) is 11.3 Å². The van der Waals surface area contributed by atoms with E-state index in [0.717, 1.165) is 16.1 Å². The number of anilines is 1. The normalized spacial score (nSPS) is 11.7. The molecule has 0 aliphatic carbocycles. The third kappa shape index (κ3) is 3.69. The summed E-state index contributed by atoms with van der Waals surface area (Å²) in [5.41, 5.74) is 2.52. The van der Waals surface area contributed by atoms with Crippen LogP contribution in [0, 0.1) is 6.92 Å². The van der Waals surface area contributed by atoms with Gasteiger partial charge in [0.1, 0.15) is 0 Å². The Morgan fingerprint density at radius 2 is 1.88 bits per heavy atom. The van der Waals surface area contributed by atoms with Gasteiger partial charge in [-0.3, -0.25) is 0 Å². The first-order valence-electron chi connectivity index (χ1n) is 7.47. The molecule has 0 saturated carbocycles. The lowest BCUT2D eigenvalue weighted by Crippen LogP contribution is -2.38. The highest BCUT2D eigenvalue weighted by atomic mass is 32.1. The molecular weight excluding hydrogens is 336 g/mol. The Morgan fingerprint density at radius 3 is 2.54 bits per heavy atom. The minimum atomic E-state index is 0.161. The molecule has 0 radical (unpaired) electrons. The number of rotatable bonds is 4. The van der Waals surface area contributed by atoms with Crippen LogP contribution in [0.1, 0.15) is 10.4 Å². The first kappa shape index (κ1) is 16.4. The number of nitrogens with one attached hydrogen (secondary N) is 1. The minimum Gasteiger partial charge on any atom is -0.501 e. The molecule has 2 heterocycles. The van der Waals surface area contributed by atoms with Crippen molar-refractivity contribution in [2.24, 2.45) is 0 Å². The Kier molecular flexibility index (Phi) is 5.03. The van der Waals surface area contributed by atoms with Crippen molar-refractivity contribution in [2.45, 2.75) is 6.92 Å². The van der Waals surface area contributed by atoms with Crippen LogP contribution in [0.5, 0.6) is 0 Å². The fourth-order valence-corrected chi connectivity index (χ4v) is 3.31. The summed E-state index contributed by atoms with van der Waals surface area (Å²) in [5, 5.41) is 15.9. The standard InChI is InChI=1S/C19H16N2OS2/c1-14-7-5-11-21(13-14)17(18(22)16-10-6-12-24-16)19(23)20-15-8-3-2-4-9-15/h2-13H,1H3,(H-,20,22,23)/p+1. The van der Waals surface area contributed by atoms with Crippen LogP contribution >= 0.6 is 23.6 Å². The molecule has 3 aromatic rings. The van der Waals surface area contributed by atoms with Crippen LogP contribution < -0.4 is 9.88 Å². The molecule has 120 valence electrons. The van der Waals surface area contributed by atoms with Gasteiger partial charge in [-0.2, -0.15) is 4.57 Å². The number of pyridine rings is 1. The fourth-order valence-electron chi connectivity index (χ4n) is 2.32. The maximum absolute atomic E-state index is 10.8. The molecular formula is C19H17N2OS2+. The van der Waals surface area contributed by atoms with Gasteiger partial charge in [-0.25, -0.2) is 0 Å². The molecule has 24 heavy (non-hydrogen) atoms. The van der Waals surface area contributed by atoms with E-state index in [-0.39, 0.29) is 5.76 Å². The van der Waals surface area contributed by atoms with Crippen LogP contribution in [0.3, 0.4) is 0 Å². The van der Waals surface area contributed by atoms with E-state index in [2.05, 4.69) is 5.32 Å². The topological polar surface area (TPSA) is 36.1 Å². The Bertz CT molecular complexity index is 871. The highest BCUT2D eigenvalue weighted by Gasteiger charge is 2.24. The van der Waals surface area contributed by atoms with E-state index in [1.807, 2.05) is 83.9 Å². The van der Waals surface area contributed by atoms with E-state index < -0.39 is 0 Å². The average molecular weight is 353 g/mol. The lowest BCUT2D eigenvalue weighted by Gasteiger charge is -2.09. The zero-order valence-corrected chi connectivity index (χ0v) is 14.8. The van der Waals surface area contributed by atoms with Gasteiger partial charge in [-0.1, -0.05) is 36.5 Å². The molecule has 0 aliphatic rings. The molecule has 3 nitrogen and oxygen atoms in total. The van der Waals surface area contributed by atoms with E-state index in [4.69, 9.17) is 12.2 Å². The van der Waals surface area contributed by atoms with Crippen LogP contribution in [-0.2, 0) is 0 Å². The third-order valence-corrected chi connectivity index (χ3v) is 4.60. The Labute approximate surface area is 150 Å².